The zero-order chi connectivity index (χ0) is 26.1. The van der Waals surface area contributed by atoms with Crippen LogP contribution in [0.1, 0.15) is 17.3 Å². The molecule has 37 heavy (non-hydrogen) atoms. The van der Waals surface area contributed by atoms with Gasteiger partial charge in [-0.3, -0.25) is 4.79 Å². The van der Waals surface area contributed by atoms with Gasteiger partial charge in [-0.25, -0.2) is 4.98 Å². The second-order valence-electron chi connectivity index (χ2n) is 8.25. The number of rotatable bonds is 6. The fourth-order valence-corrected chi connectivity index (χ4v) is 4.54. The van der Waals surface area contributed by atoms with Crippen LogP contribution in [0.4, 0.5) is 5.69 Å². The van der Waals surface area contributed by atoms with Gasteiger partial charge in [-0.15, -0.1) is 10.2 Å². The number of aromatic hydroxyl groups is 1. The van der Waals surface area contributed by atoms with Crippen LogP contribution in [0.5, 0.6) is 17.4 Å². The van der Waals surface area contributed by atoms with E-state index in [-0.39, 0.29) is 11.6 Å². The maximum absolute atomic E-state index is 13.5. The fourth-order valence-electron chi connectivity index (χ4n) is 4.27. The molecule has 0 bridgehead atoms. The third-order valence-corrected chi connectivity index (χ3v) is 6.69. The first-order valence-corrected chi connectivity index (χ1v) is 12.3. The van der Waals surface area contributed by atoms with Crippen molar-refractivity contribution >= 4 is 49.3 Å². The summed E-state index contributed by atoms with van der Waals surface area (Å²) in [6.45, 7) is 2.43. The Hall–Kier alpha value is -4.24. The molecule has 8 nitrogen and oxygen atoms in total. The van der Waals surface area contributed by atoms with Gasteiger partial charge in [-0.1, -0.05) is 28.1 Å². The van der Waals surface area contributed by atoms with Crippen LogP contribution >= 0.6 is 15.9 Å². The van der Waals surface area contributed by atoms with E-state index in [4.69, 9.17) is 14.5 Å². The van der Waals surface area contributed by atoms with E-state index in [9.17, 15) is 9.90 Å². The van der Waals surface area contributed by atoms with Crippen molar-refractivity contribution in [2.45, 2.75) is 13.5 Å². The maximum Gasteiger partial charge on any atom is 0.296 e. The van der Waals surface area contributed by atoms with Crippen molar-refractivity contribution in [2.75, 3.05) is 14.2 Å². The number of carbonyl (C=O) groups is 1. The summed E-state index contributed by atoms with van der Waals surface area (Å²) in [5.74, 6) is 0.556. The molecule has 3 aromatic carbocycles. The summed E-state index contributed by atoms with van der Waals surface area (Å²) in [6, 6.07) is 20.1. The topological polar surface area (TPSA) is 98.3 Å². The van der Waals surface area contributed by atoms with Gasteiger partial charge in [0, 0.05) is 27.4 Å². The van der Waals surface area contributed by atoms with E-state index in [1.807, 2.05) is 37.3 Å². The number of amides is 1. The highest BCUT2D eigenvalue weighted by Crippen LogP contribution is 2.40. The summed E-state index contributed by atoms with van der Waals surface area (Å²) in [5, 5.41) is 20.3. The highest BCUT2D eigenvalue weighted by atomic mass is 79.9. The molecule has 0 unspecified atom stereocenters. The first-order valence-electron chi connectivity index (χ1n) is 11.5. The summed E-state index contributed by atoms with van der Waals surface area (Å²) >= 11 is 3.45. The largest absolute Gasteiger partial charge is 0.497 e. The van der Waals surface area contributed by atoms with E-state index >= 15 is 0 Å². The molecule has 9 heteroatoms. The Morgan fingerprint density at radius 3 is 2.32 bits per heavy atom. The Balaban J connectivity index is 1.64. The van der Waals surface area contributed by atoms with E-state index in [0.29, 0.717) is 45.6 Å². The standard InChI is InChI=1S/C28H23BrN4O4/c1-4-33-25-12-10-19(37-3)14-22(25)26(28(33)35)31-32-27(34)21-15-24(16-5-7-17(29)8-6-16)30-23-11-9-18(36-2)13-20(21)23/h5-15,35H,4H2,1-3H3. The third kappa shape index (κ3) is 4.53. The molecule has 0 saturated heterocycles. The van der Waals surface area contributed by atoms with Crippen molar-refractivity contribution in [1.29, 1.82) is 0 Å². The van der Waals surface area contributed by atoms with Crippen molar-refractivity contribution in [3.05, 3.63) is 76.8 Å². The van der Waals surface area contributed by atoms with Gasteiger partial charge in [0.1, 0.15) is 11.5 Å². The molecule has 0 aliphatic carbocycles. The number of aromatic nitrogens is 2. The quantitative estimate of drug-likeness (QED) is 0.221. The Morgan fingerprint density at radius 1 is 0.973 bits per heavy atom. The molecule has 0 atom stereocenters. The molecule has 0 spiro atoms. The lowest BCUT2D eigenvalue weighted by atomic mass is 10.0. The summed E-state index contributed by atoms with van der Waals surface area (Å²) < 4.78 is 13.3. The summed E-state index contributed by atoms with van der Waals surface area (Å²) in [4.78, 5) is 18.2. The number of methoxy groups -OCH3 is 2. The van der Waals surface area contributed by atoms with Crippen LogP contribution in [-0.2, 0) is 6.54 Å². The lowest BCUT2D eigenvalue weighted by molar-refractivity contribution is 0.0996. The molecule has 2 heterocycles. The van der Waals surface area contributed by atoms with Crippen LogP contribution in [0.2, 0.25) is 0 Å². The van der Waals surface area contributed by atoms with Crippen molar-refractivity contribution in [3.63, 3.8) is 0 Å². The molecule has 2 aromatic heterocycles. The van der Waals surface area contributed by atoms with Gasteiger partial charge in [0.05, 0.1) is 36.5 Å². The van der Waals surface area contributed by atoms with Crippen molar-refractivity contribution < 1.29 is 19.4 Å². The van der Waals surface area contributed by atoms with Gasteiger partial charge < -0.3 is 19.1 Å². The van der Waals surface area contributed by atoms with Crippen LogP contribution in [0.25, 0.3) is 33.1 Å². The van der Waals surface area contributed by atoms with E-state index < -0.39 is 5.91 Å². The number of benzene rings is 3. The molecule has 0 aliphatic rings. The monoisotopic (exact) mass is 558 g/mol. The Bertz CT molecular complexity index is 1680. The molecule has 186 valence electrons. The smallest absolute Gasteiger partial charge is 0.296 e. The highest BCUT2D eigenvalue weighted by molar-refractivity contribution is 9.10. The first-order chi connectivity index (χ1) is 17.9. The molecule has 1 amide bonds. The molecular formula is C28H23BrN4O4. The summed E-state index contributed by atoms with van der Waals surface area (Å²) in [5.41, 5.74) is 3.38. The predicted octanol–water partition coefficient (Wildman–Crippen LogP) is 7.29. The minimum atomic E-state index is -0.571. The average Bonchev–Trinajstić information content (AvgIpc) is 3.20. The van der Waals surface area contributed by atoms with Gasteiger partial charge in [0.2, 0.25) is 5.88 Å². The van der Waals surface area contributed by atoms with Crippen LogP contribution < -0.4 is 9.47 Å². The number of pyridine rings is 1. The van der Waals surface area contributed by atoms with Crippen LogP contribution in [0.15, 0.2) is 81.4 Å². The summed E-state index contributed by atoms with van der Waals surface area (Å²) in [7, 11) is 3.13. The zero-order valence-corrected chi connectivity index (χ0v) is 22.0. The lowest BCUT2D eigenvalue weighted by Gasteiger charge is -2.09. The Labute approximate surface area is 221 Å². The van der Waals surface area contributed by atoms with E-state index in [1.54, 1.807) is 55.2 Å². The van der Waals surface area contributed by atoms with Gasteiger partial charge in [-0.2, -0.15) is 0 Å². The lowest BCUT2D eigenvalue weighted by Crippen LogP contribution is -1.99. The SMILES string of the molecule is CCn1c(O)c(N=NC(=O)c2cc(-c3ccc(Br)cc3)nc3ccc(OC)cc23)c2cc(OC)ccc21. The zero-order valence-electron chi connectivity index (χ0n) is 20.4. The van der Waals surface area contributed by atoms with Crippen LogP contribution in [-0.4, -0.2) is 34.8 Å². The van der Waals surface area contributed by atoms with Gasteiger partial charge in [0.15, 0.2) is 5.69 Å². The van der Waals surface area contributed by atoms with Gasteiger partial charge in [-0.05, 0) is 61.5 Å². The molecule has 0 fully saturated rings. The second-order valence-corrected chi connectivity index (χ2v) is 9.17. The van der Waals surface area contributed by atoms with Crippen molar-refractivity contribution in [3.8, 4) is 28.6 Å². The van der Waals surface area contributed by atoms with Gasteiger partial charge in [0.25, 0.3) is 5.91 Å². The van der Waals surface area contributed by atoms with E-state index in [2.05, 4.69) is 26.2 Å². The number of hydrogen-bond donors (Lipinski definition) is 1. The molecule has 5 aromatic rings. The van der Waals surface area contributed by atoms with Crippen molar-refractivity contribution in [2.24, 2.45) is 10.2 Å². The van der Waals surface area contributed by atoms with Crippen molar-refractivity contribution in [1.82, 2.24) is 9.55 Å². The number of ether oxygens (including phenoxy) is 2. The summed E-state index contributed by atoms with van der Waals surface area (Å²) in [6.07, 6.45) is 0. The number of aryl methyl sites for hydroxylation is 1. The number of carbonyl (C=O) groups excluding carboxylic acids is 1. The number of fused-ring (bicyclic) bond motifs is 2. The fraction of sp³-hybridized carbons (Fsp3) is 0.143. The molecular weight excluding hydrogens is 536 g/mol. The van der Waals surface area contributed by atoms with E-state index in [0.717, 1.165) is 15.6 Å². The number of nitrogens with zero attached hydrogens (tertiary/aromatic N) is 4. The molecule has 0 aliphatic heterocycles. The van der Waals surface area contributed by atoms with Gasteiger partial charge >= 0.3 is 0 Å². The normalized spacial score (nSPS) is 11.5. The second kappa shape index (κ2) is 10.0. The average molecular weight is 559 g/mol. The highest BCUT2D eigenvalue weighted by Gasteiger charge is 2.19. The third-order valence-electron chi connectivity index (χ3n) is 6.16. The maximum atomic E-state index is 13.5. The number of hydrogen-bond acceptors (Lipinski definition) is 6. The molecule has 1 N–H and O–H groups in total. The molecule has 5 rings (SSSR count). The number of halogens is 1. The predicted molar refractivity (Wildman–Crippen MR) is 146 cm³/mol. The molecule has 0 radical (unpaired) electrons. The van der Waals surface area contributed by atoms with E-state index in [1.165, 1.54) is 0 Å². The Morgan fingerprint density at radius 2 is 1.65 bits per heavy atom. The first kappa shape index (κ1) is 24.5. The minimum absolute atomic E-state index is 0.0703. The number of azo groups is 1. The minimum Gasteiger partial charge on any atom is -0.497 e. The Kier molecular flexibility index (Phi) is 6.62. The molecule has 0 saturated carbocycles. The van der Waals surface area contributed by atoms with Crippen LogP contribution in [0.3, 0.4) is 0 Å². The van der Waals surface area contributed by atoms with Crippen LogP contribution in [0, 0.1) is 0 Å².